The molecule has 5 heteroatoms. The van der Waals surface area contributed by atoms with Crippen molar-refractivity contribution in [2.75, 3.05) is 19.6 Å². The zero-order valence-corrected chi connectivity index (χ0v) is 8.69. The highest BCUT2D eigenvalue weighted by Gasteiger charge is 2.21. The summed E-state index contributed by atoms with van der Waals surface area (Å²) in [5.41, 5.74) is 5.20. The molecule has 0 saturated carbocycles. The summed E-state index contributed by atoms with van der Waals surface area (Å²) in [6, 6.07) is 0.259. The highest BCUT2D eigenvalue weighted by atomic mass is 35.5. The summed E-state index contributed by atoms with van der Waals surface area (Å²) in [5.74, 6) is 0.498. The van der Waals surface area contributed by atoms with Crippen LogP contribution < -0.4 is 16.4 Å². The molecule has 0 aliphatic carbocycles. The lowest BCUT2D eigenvalue weighted by molar-refractivity contribution is -0.120. The van der Waals surface area contributed by atoms with Crippen molar-refractivity contribution in [3.8, 4) is 0 Å². The molecule has 0 aromatic rings. The van der Waals surface area contributed by atoms with E-state index in [1.807, 2.05) is 0 Å². The van der Waals surface area contributed by atoms with Crippen LogP contribution in [0.4, 0.5) is 0 Å². The van der Waals surface area contributed by atoms with Crippen LogP contribution in [-0.2, 0) is 4.79 Å². The van der Waals surface area contributed by atoms with Crippen molar-refractivity contribution in [1.29, 1.82) is 0 Å². The number of rotatable bonds is 2. The molecule has 0 radical (unpaired) electrons. The Morgan fingerprint density at radius 1 is 1.69 bits per heavy atom. The molecule has 1 saturated heterocycles. The average Bonchev–Trinajstić information content (AvgIpc) is 2.09. The maximum absolute atomic E-state index is 11.0. The third kappa shape index (κ3) is 3.93. The Hall–Kier alpha value is -0.320. The summed E-state index contributed by atoms with van der Waals surface area (Å²) in [6.07, 6.45) is 1.12. The Balaban J connectivity index is 0.00000144. The van der Waals surface area contributed by atoms with E-state index in [1.165, 1.54) is 0 Å². The van der Waals surface area contributed by atoms with Crippen molar-refractivity contribution in [2.45, 2.75) is 19.4 Å². The summed E-state index contributed by atoms with van der Waals surface area (Å²) in [4.78, 5) is 11.0. The van der Waals surface area contributed by atoms with E-state index >= 15 is 0 Å². The molecule has 2 atom stereocenters. The zero-order chi connectivity index (χ0) is 8.97. The summed E-state index contributed by atoms with van der Waals surface area (Å²) < 4.78 is 0. The molecular weight excluding hydrogens is 190 g/mol. The van der Waals surface area contributed by atoms with Gasteiger partial charge in [-0.2, -0.15) is 0 Å². The van der Waals surface area contributed by atoms with Crippen LogP contribution in [0.25, 0.3) is 0 Å². The first-order chi connectivity index (χ1) is 5.74. The number of nitrogens with two attached hydrogens (primary N) is 1. The minimum Gasteiger partial charge on any atom is -0.351 e. The molecule has 0 bridgehead atoms. The Morgan fingerprint density at radius 3 is 2.92 bits per heavy atom. The second-order valence-electron chi connectivity index (χ2n) is 3.35. The molecule has 1 aliphatic heterocycles. The number of carbonyl (C=O) groups is 1. The second kappa shape index (κ2) is 6.18. The van der Waals surface area contributed by atoms with Gasteiger partial charge in [-0.3, -0.25) is 4.79 Å². The normalized spacial score (nSPS) is 27.5. The van der Waals surface area contributed by atoms with Gasteiger partial charge in [-0.1, -0.05) is 6.92 Å². The van der Waals surface area contributed by atoms with Gasteiger partial charge in [-0.15, -0.1) is 12.4 Å². The highest BCUT2D eigenvalue weighted by Crippen LogP contribution is 2.10. The lowest BCUT2D eigenvalue weighted by Crippen LogP contribution is -2.51. The minimum absolute atomic E-state index is 0. The van der Waals surface area contributed by atoms with Crippen LogP contribution in [0, 0.1) is 5.92 Å². The minimum atomic E-state index is -0.0597. The number of carbonyl (C=O) groups excluding carboxylic acids is 1. The Morgan fingerprint density at radius 2 is 2.38 bits per heavy atom. The predicted molar refractivity (Wildman–Crippen MR) is 54.9 cm³/mol. The van der Waals surface area contributed by atoms with Crippen LogP contribution in [0.3, 0.4) is 0 Å². The van der Waals surface area contributed by atoms with Crippen LogP contribution in [0.1, 0.15) is 13.3 Å². The molecule has 2 unspecified atom stereocenters. The zero-order valence-electron chi connectivity index (χ0n) is 7.88. The molecule has 78 valence electrons. The fourth-order valence-electron chi connectivity index (χ4n) is 1.45. The van der Waals surface area contributed by atoms with Gasteiger partial charge in [-0.25, -0.2) is 0 Å². The van der Waals surface area contributed by atoms with Crippen molar-refractivity contribution in [2.24, 2.45) is 11.7 Å². The van der Waals surface area contributed by atoms with Crippen molar-refractivity contribution < 1.29 is 4.79 Å². The van der Waals surface area contributed by atoms with E-state index in [-0.39, 0.29) is 30.9 Å². The predicted octanol–water partition coefficient (Wildman–Crippen LogP) is -0.519. The van der Waals surface area contributed by atoms with E-state index in [2.05, 4.69) is 17.6 Å². The van der Waals surface area contributed by atoms with Gasteiger partial charge in [0.05, 0.1) is 6.54 Å². The molecular formula is C8H18ClN3O. The van der Waals surface area contributed by atoms with Crippen molar-refractivity contribution in [3.63, 3.8) is 0 Å². The smallest absolute Gasteiger partial charge is 0.234 e. The van der Waals surface area contributed by atoms with Gasteiger partial charge in [0.1, 0.15) is 0 Å². The molecule has 4 N–H and O–H groups in total. The third-order valence-electron chi connectivity index (χ3n) is 2.36. The number of amides is 1. The number of nitrogens with one attached hydrogen (secondary N) is 2. The number of piperidine rings is 1. The SMILES string of the molecule is CC1CCNCC1NC(=O)CN.Cl. The van der Waals surface area contributed by atoms with E-state index in [9.17, 15) is 4.79 Å². The van der Waals surface area contributed by atoms with Crippen LogP contribution >= 0.6 is 12.4 Å². The van der Waals surface area contributed by atoms with Crippen LogP contribution in [-0.4, -0.2) is 31.6 Å². The monoisotopic (exact) mass is 207 g/mol. The molecule has 0 aromatic carbocycles. The van der Waals surface area contributed by atoms with Gasteiger partial charge < -0.3 is 16.4 Å². The Kier molecular flexibility index (Phi) is 6.03. The number of hydrogen-bond donors (Lipinski definition) is 3. The molecule has 0 spiro atoms. The Bertz CT molecular complexity index is 165. The van der Waals surface area contributed by atoms with Crippen molar-refractivity contribution in [3.05, 3.63) is 0 Å². The fourth-order valence-corrected chi connectivity index (χ4v) is 1.45. The molecule has 13 heavy (non-hydrogen) atoms. The summed E-state index contributed by atoms with van der Waals surface area (Å²) in [5, 5.41) is 6.13. The molecule has 1 fully saturated rings. The van der Waals surface area contributed by atoms with Gasteiger partial charge >= 0.3 is 0 Å². The van der Waals surface area contributed by atoms with Gasteiger partial charge in [0.25, 0.3) is 0 Å². The molecule has 1 heterocycles. The van der Waals surface area contributed by atoms with Gasteiger partial charge in [-0.05, 0) is 18.9 Å². The third-order valence-corrected chi connectivity index (χ3v) is 2.36. The lowest BCUT2D eigenvalue weighted by atomic mass is 9.95. The van der Waals surface area contributed by atoms with Crippen LogP contribution in [0.15, 0.2) is 0 Å². The van der Waals surface area contributed by atoms with Gasteiger partial charge in [0.15, 0.2) is 0 Å². The van der Waals surface area contributed by atoms with Crippen molar-refractivity contribution >= 4 is 18.3 Å². The molecule has 1 amide bonds. The molecule has 4 nitrogen and oxygen atoms in total. The largest absolute Gasteiger partial charge is 0.351 e. The highest BCUT2D eigenvalue weighted by molar-refractivity contribution is 5.85. The van der Waals surface area contributed by atoms with Gasteiger partial charge in [0.2, 0.25) is 5.91 Å². The summed E-state index contributed by atoms with van der Waals surface area (Å²) >= 11 is 0. The number of hydrogen-bond acceptors (Lipinski definition) is 3. The standard InChI is InChI=1S/C8H17N3O.ClH/c1-6-2-3-10-5-7(6)11-8(12)4-9;/h6-7,10H,2-5,9H2,1H3,(H,11,12);1H. The second-order valence-corrected chi connectivity index (χ2v) is 3.35. The number of halogens is 1. The fraction of sp³-hybridized carbons (Fsp3) is 0.875. The maximum atomic E-state index is 11.0. The van der Waals surface area contributed by atoms with E-state index in [4.69, 9.17) is 5.73 Å². The molecule has 1 aliphatic rings. The van der Waals surface area contributed by atoms with E-state index < -0.39 is 0 Å². The van der Waals surface area contributed by atoms with Crippen LogP contribution in [0.5, 0.6) is 0 Å². The quantitative estimate of drug-likeness (QED) is 0.571. The van der Waals surface area contributed by atoms with E-state index in [1.54, 1.807) is 0 Å². The maximum Gasteiger partial charge on any atom is 0.234 e. The Labute approximate surface area is 85.0 Å². The molecule has 0 aromatic heterocycles. The first-order valence-electron chi connectivity index (χ1n) is 4.44. The van der Waals surface area contributed by atoms with E-state index in [0.29, 0.717) is 5.92 Å². The van der Waals surface area contributed by atoms with Crippen LogP contribution in [0.2, 0.25) is 0 Å². The van der Waals surface area contributed by atoms with Crippen molar-refractivity contribution in [1.82, 2.24) is 10.6 Å². The first-order valence-corrected chi connectivity index (χ1v) is 4.44. The summed E-state index contributed by atoms with van der Waals surface area (Å²) in [6.45, 7) is 4.16. The average molecular weight is 208 g/mol. The van der Waals surface area contributed by atoms with E-state index in [0.717, 1.165) is 19.5 Å². The lowest BCUT2D eigenvalue weighted by Gasteiger charge is -2.30. The first kappa shape index (κ1) is 12.7. The van der Waals surface area contributed by atoms with Gasteiger partial charge in [0, 0.05) is 12.6 Å². The topological polar surface area (TPSA) is 67.1 Å². The molecule has 1 rings (SSSR count). The summed E-state index contributed by atoms with van der Waals surface area (Å²) in [7, 11) is 0.